The van der Waals surface area contributed by atoms with Gasteiger partial charge in [-0.1, -0.05) is 12.8 Å². The van der Waals surface area contributed by atoms with Gasteiger partial charge in [-0.3, -0.25) is 9.89 Å². The molecular weight excluding hydrogens is 198 g/mol. The molecule has 0 bridgehead atoms. The van der Waals surface area contributed by atoms with E-state index in [1.54, 1.807) is 0 Å². The maximum atomic E-state index is 6.06. The van der Waals surface area contributed by atoms with E-state index in [1.807, 2.05) is 0 Å². The fourth-order valence-electron chi connectivity index (χ4n) is 2.89. The van der Waals surface area contributed by atoms with Gasteiger partial charge in [0.25, 0.3) is 0 Å². The second kappa shape index (κ2) is 5.67. The lowest BCUT2D eigenvalue weighted by Crippen LogP contribution is -2.33. The minimum absolute atomic E-state index is 0.572. The molecule has 0 aromatic heterocycles. The maximum absolute atomic E-state index is 6.06. The van der Waals surface area contributed by atoms with Gasteiger partial charge in [0.15, 0.2) is 0 Å². The number of rotatable bonds is 4. The van der Waals surface area contributed by atoms with Gasteiger partial charge < -0.3 is 5.73 Å². The minimum Gasteiger partial charge on any atom is -0.387 e. The van der Waals surface area contributed by atoms with Crippen LogP contribution >= 0.6 is 0 Å². The lowest BCUT2D eigenvalue weighted by molar-refractivity contribution is 0.265. The molecule has 3 nitrogen and oxygen atoms in total. The predicted octanol–water partition coefficient (Wildman–Crippen LogP) is 2.02. The van der Waals surface area contributed by atoms with Crippen LogP contribution in [0.5, 0.6) is 0 Å². The molecule has 0 aromatic rings. The topological polar surface area (TPSA) is 41.6 Å². The number of hydrogen-bond donors (Lipinski definition) is 1. The summed E-state index contributed by atoms with van der Waals surface area (Å²) >= 11 is 0. The molecule has 2 aliphatic rings. The molecule has 1 heterocycles. The molecule has 0 amide bonds. The number of nitrogens with zero attached hydrogens (tertiary/aromatic N) is 2. The third kappa shape index (κ3) is 2.97. The largest absolute Gasteiger partial charge is 0.387 e. The average molecular weight is 223 g/mol. The van der Waals surface area contributed by atoms with Crippen LogP contribution in [0.25, 0.3) is 0 Å². The van der Waals surface area contributed by atoms with E-state index in [2.05, 4.69) is 16.8 Å². The molecule has 0 aromatic carbocycles. The minimum atomic E-state index is 0.572. The zero-order valence-corrected chi connectivity index (χ0v) is 10.5. The van der Waals surface area contributed by atoms with Gasteiger partial charge in [0.1, 0.15) is 0 Å². The van der Waals surface area contributed by atoms with Crippen molar-refractivity contribution in [2.45, 2.75) is 51.5 Å². The fourth-order valence-corrected chi connectivity index (χ4v) is 2.89. The van der Waals surface area contributed by atoms with Gasteiger partial charge in [0, 0.05) is 12.0 Å². The summed E-state index contributed by atoms with van der Waals surface area (Å²) in [5, 5.41) is 0. The van der Waals surface area contributed by atoms with Crippen molar-refractivity contribution in [3.63, 3.8) is 0 Å². The standard InChI is InChI=1S/C13H25N3/c1-11(16-8-4-5-9-16)10-15-13(14)12-6-2-3-7-12/h11-12H,2-10H2,1H3,(H2,14,15). The van der Waals surface area contributed by atoms with Crippen molar-refractivity contribution < 1.29 is 0 Å². The van der Waals surface area contributed by atoms with E-state index in [1.165, 1.54) is 51.6 Å². The normalized spacial score (nSPS) is 26.4. The monoisotopic (exact) mass is 223 g/mol. The van der Waals surface area contributed by atoms with Crippen molar-refractivity contribution in [1.82, 2.24) is 4.90 Å². The number of aliphatic imine (C=N–C) groups is 1. The van der Waals surface area contributed by atoms with Crippen LogP contribution in [-0.4, -0.2) is 36.4 Å². The number of likely N-dealkylation sites (tertiary alicyclic amines) is 1. The molecule has 2 N–H and O–H groups in total. The quantitative estimate of drug-likeness (QED) is 0.585. The summed E-state index contributed by atoms with van der Waals surface area (Å²) in [5.41, 5.74) is 6.06. The molecule has 1 unspecified atom stereocenters. The van der Waals surface area contributed by atoms with Gasteiger partial charge in [0.2, 0.25) is 0 Å². The van der Waals surface area contributed by atoms with Gasteiger partial charge in [-0.15, -0.1) is 0 Å². The summed E-state index contributed by atoms with van der Waals surface area (Å²) in [5.74, 6) is 1.51. The molecule has 0 radical (unpaired) electrons. The SMILES string of the molecule is CC(CN=C(N)C1CCCC1)N1CCCC1. The second-order valence-electron chi connectivity index (χ2n) is 5.34. The first kappa shape index (κ1) is 11.9. The fraction of sp³-hybridized carbons (Fsp3) is 0.923. The van der Waals surface area contributed by atoms with Gasteiger partial charge >= 0.3 is 0 Å². The van der Waals surface area contributed by atoms with Crippen LogP contribution in [0.2, 0.25) is 0 Å². The first-order valence-corrected chi connectivity index (χ1v) is 6.81. The molecule has 2 fully saturated rings. The second-order valence-corrected chi connectivity index (χ2v) is 5.34. The highest BCUT2D eigenvalue weighted by atomic mass is 15.2. The Morgan fingerprint density at radius 1 is 1.25 bits per heavy atom. The Labute approximate surface area is 99.1 Å². The Morgan fingerprint density at radius 3 is 2.50 bits per heavy atom. The first-order valence-electron chi connectivity index (χ1n) is 6.81. The van der Waals surface area contributed by atoms with E-state index >= 15 is 0 Å². The van der Waals surface area contributed by atoms with Crippen LogP contribution in [0.4, 0.5) is 0 Å². The average Bonchev–Trinajstić information content (AvgIpc) is 2.95. The van der Waals surface area contributed by atoms with Gasteiger partial charge in [-0.2, -0.15) is 0 Å². The van der Waals surface area contributed by atoms with Gasteiger partial charge in [0.05, 0.1) is 12.4 Å². The third-order valence-corrected chi connectivity index (χ3v) is 4.08. The van der Waals surface area contributed by atoms with E-state index < -0.39 is 0 Å². The van der Waals surface area contributed by atoms with Crippen molar-refractivity contribution in [1.29, 1.82) is 0 Å². The third-order valence-electron chi connectivity index (χ3n) is 4.08. The summed E-state index contributed by atoms with van der Waals surface area (Å²) in [6.07, 6.45) is 7.89. The lowest BCUT2D eigenvalue weighted by Gasteiger charge is -2.22. The summed E-state index contributed by atoms with van der Waals surface area (Å²) in [7, 11) is 0. The van der Waals surface area contributed by atoms with E-state index in [9.17, 15) is 0 Å². The Balaban J connectivity index is 1.77. The van der Waals surface area contributed by atoms with Crippen molar-refractivity contribution in [3.8, 4) is 0 Å². The van der Waals surface area contributed by atoms with Crippen LogP contribution in [0.1, 0.15) is 45.4 Å². The van der Waals surface area contributed by atoms with E-state index in [4.69, 9.17) is 5.73 Å². The Bertz CT molecular complexity index is 238. The highest BCUT2D eigenvalue weighted by Gasteiger charge is 2.20. The van der Waals surface area contributed by atoms with E-state index in [0.717, 1.165) is 12.4 Å². The smallest absolute Gasteiger partial charge is 0.0969 e. The van der Waals surface area contributed by atoms with Gasteiger partial charge in [-0.25, -0.2) is 0 Å². The zero-order chi connectivity index (χ0) is 11.4. The molecule has 0 spiro atoms. The molecule has 3 heteroatoms. The molecular formula is C13H25N3. The Morgan fingerprint density at radius 2 is 1.88 bits per heavy atom. The maximum Gasteiger partial charge on any atom is 0.0969 e. The van der Waals surface area contributed by atoms with Gasteiger partial charge in [-0.05, 0) is 45.7 Å². The molecule has 92 valence electrons. The van der Waals surface area contributed by atoms with Crippen LogP contribution < -0.4 is 5.73 Å². The Kier molecular flexibility index (Phi) is 4.22. The summed E-state index contributed by atoms with van der Waals surface area (Å²) in [6.45, 7) is 5.67. The van der Waals surface area contributed by atoms with Crippen molar-refractivity contribution in [3.05, 3.63) is 0 Å². The molecule has 16 heavy (non-hydrogen) atoms. The van der Waals surface area contributed by atoms with Crippen molar-refractivity contribution in [2.24, 2.45) is 16.6 Å². The highest BCUT2D eigenvalue weighted by molar-refractivity contribution is 5.83. The highest BCUT2D eigenvalue weighted by Crippen LogP contribution is 2.24. The number of nitrogens with two attached hydrogens (primary N) is 1. The summed E-state index contributed by atoms with van der Waals surface area (Å²) in [4.78, 5) is 7.14. The Hall–Kier alpha value is -0.570. The molecule has 1 saturated heterocycles. The molecule has 1 saturated carbocycles. The molecule has 2 rings (SSSR count). The zero-order valence-electron chi connectivity index (χ0n) is 10.5. The van der Waals surface area contributed by atoms with Crippen LogP contribution in [-0.2, 0) is 0 Å². The summed E-state index contributed by atoms with van der Waals surface area (Å²) in [6, 6.07) is 0.572. The number of amidine groups is 1. The first-order chi connectivity index (χ1) is 7.77. The number of hydrogen-bond acceptors (Lipinski definition) is 2. The molecule has 1 aliphatic carbocycles. The van der Waals surface area contributed by atoms with Crippen LogP contribution in [0, 0.1) is 5.92 Å². The van der Waals surface area contributed by atoms with Crippen molar-refractivity contribution in [2.75, 3.05) is 19.6 Å². The lowest BCUT2D eigenvalue weighted by atomic mass is 10.1. The van der Waals surface area contributed by atoms with Crippen LogP contribution in [0.15, 0.2) is 4.99 Å². The van der Waals surface area contributed by atoms with E-state index in [-0.39, 0.29) is 0 Å². The molecule has 1 aliphatic heterocycles. The van der Waals surface area contributed by atoms with Crippen molar-refractivity contribution >= 4 is 5.84 Å². The van der Waals surface area contributed by atoms with E-state index in [0.29, 0.717) is 12.0 Å². The summed E-state index contributed by atoms with van der Waals surface area (Å²) < 4.78 is 0. The molecule has 1 atom stereocenters. The predicted molar refractivity (Wildman–Crippen MR) is 68.7 cm³/mol. The van der Waals surface area contributed by atoms with Crippen LogP contribution in [0.3, 0.4) is 0 Å².